The molecule has 0 fully saturated rings. The van der Waals surface area contributed by atoms with E-state index >= 15 is 0 Å². The summed E-state index contributed by atoms with van der Waals surface area (Å²) in [4.78, 5) is 10.8. The second-order valence-corrected chi connectivity index (χ2v) is 7.57. The molecule has 0 unspecified atom stereocenters. The summed E-state index contributed by atoms with van der Waals surface area (Å²) < 4.78 is 26.7. The third-order valence-corrected chi connectivity index (χ3v) is 5.05. The summed E-state index contributed by atoms with van der Waals surface area (Å²) >= 11 is 0. The van der Waals surface area contributed by atoms with E-state index in [1.165, 1.54) is 28.6 Å². The van der Waals surface area contributed by atoms with Gasteiger partial charge in [0.05, 0.1) is 11.3 Å². The molecule has 1 aromatic rings. The van der Waals surface area contributed by atoms with Crippen molar-refractivity contribution < 1.29 is 18.3 Å². The third-order valence-electron chi connectivity index (χ3n) is 2.91. The van der Waals surface area contributed by atoms with Crippen molar-refractivity contribution in [3.8, 4) is 0 Å². The molecule has 6 heteroatoms. The fourth-order valence-electron chi connectivity index (χ4n) is 1.93. The number of hydrogen-bond donors (Lipinski definition) is 1. The van der Waals surface area contributed by atoms with E-state index in [2.05, 4.69) is 6.58 Å². The normalized spacial score (nSPS) is 12.4. The molecule has 0 aromatic heterocycles. The fourth-order valence-corrected chi connectivity index (χ4v) is 3.69. The number of aliphatic carboxylic acids is 1. The first kappa shape index (κ1) is 17.4. The van der Waals surface area contributed by atoms with E-state index in [4.69, 9.17) is 5.11 Å². The Morgan fingerprint density at radius 1 is 1.29 bits per heavy atom. The monoisotopic (exact) mass is 311 g/mol. The van der Waals surface area contributed by atoms with Crippen LogP contribution in [0.25, 0.3) is 0 Å². The van der Waals surface area contributed by atoms with Crippen molar-refractivity contribution in [1.29, 1.82) is 0 Å². The van der Waals surface area contributed by atoms with E-state index in [9.17, 15) is 13.2 Å². The largest absolute Gasteiger partial charge is 0.481 e. The van der Waals surface area contributed by atoms with E-state index in [-0.39, 0.29) is 17.9 Å². The van der Waals surface area contributed by atoms with Gasteiger partial charge in [-0.3, -0.25) is 4.79 Å². The number of benzene rings is 1. The molecule has 21 heavy (non-hydrogen) atoms. The minimum Gasteiger partial charge on any atom is -0.481 e. The number of rotatable bonds is 6. The topological polar surface area (TPSA) is 74.7 Å². The Morgan fingerprint density at radius 2 is 1.81 bits per heavy atom. The lowest BCUT2D eigenvalue weighted by atomic mass is 10.1. The highest BCUT2D eigenvalue weighted by Crippen LogP contribution is 2.24. The van der Waals surface area contributed by atoms with Crippen LogP contribution < -0.4 is 0 Å². The van der Waals surface area contributed by atoms with Gasteiger partial charge in [0.25, 0.3) is 0 Å². The summed E-state index contributed by atoms with van der Waals surface area (Å²) in [7, 11) is -3.65. The molecule has 5 nitrogen and oxygen atoms in total. The number of carboxylic acid groups (broad SMARTS) is 1. The quantitative estimate of drug-likeness (QED) is 0.818. The van der Waals surface area contributed by atoms with Crippen molar-refractivity contribution in [3.05, 3.63) is 42.5 Å². The lowest BCUT2D eigenvalue weighted by Crippen LogP contribution is -2.45. The van der Waals surface area contributed by atoms with Crippen molar-refractivity contribution in [1.82, 2.24) is 4.31 Å². The predicted octanol–water partition coefficient (Wildman–Crippen LogP) is 2.29. The van der Waals surface area contributed by atoms with Gasteiger partial charge in [-0.05, 0) is 38.5 Å². The first-order valence-corrected chi connectivity index (χ1v) is 7.97. The fraction of sp³-hybridized carbons (Fsp3) is 0.400. The first-order valence-electron chi connectivity index (χ1n) is 6.53. The summed E-state index contributed by atoms with van der Waals surface area (Å²) in [5.74, 6) is -0.950. The zero-order chi connectivity index (χ0) is 16.3. The third kappa shape index (κ3) is 4.41. The van der Waals surface area contributed by atoms with Crippen LogP contribution in [-0.2, 0) is 21.2 Å². The minimum absolute atomic E-state index is 0.129. The maximum absolute atomic E-state index is 12.7. The standard InChI is InChI=1S/C15H21NO4S/c1-5-10-16(15(2,3)4)21(19,20)13-8-6-12(7-9-13)11-14(17)18/h5-9H,1,10-11H2,2-4H3,(H,17,18). The lowest BCUT2D eigenvalue weighted by molar-refractivity contribution is -0.136. The highest BCUT2D eigenvalue weighted by Gasteiger charge is 2.32. The molecule has 0 atom stereocenters. The van der Waals surface area contributed by atoms with Gasteiger partial charge < -0.3 is 5.11 Å². The van der Waals surface area contributed by atoms with Crippen molar-refractivity contribution in [2.75, 3.05) is 6.54 Å². The maximum Gasteiger partial charge on any atom is 0.307 e. The Morgan fingerprint density at radius 3 is 2.19 bits per heavy atom. The zero-order valence-electron chi connectivity index (χ0n) is 12.5. The molecule has 0 radical (unpaired) electrons. The molecule has 0 aliphatic rings. The molecule has 1 rings (SSSR count). The molecular formula is C15H21NO4S. The van der Waals surface area contributed by atoms with Crippen LogP contribution in [0.4, 0.5) is 0 Å². The Kier molecular flexibility index (Phi) is 5.31. The van der Waals surface area contributed by atoms with Gasteiger partial charge in [0.2, 0.25) is 10.0 Å². The molecule has 0 aliphatic carbocycles. The van der Waals surface area contributed by atoms with Gasteiger partial charge in [0.1, 0.15) is 0 Å². The second kappa shape index (κ2) is 6.41. The van der Waals surface area contributed by atoms with Crippen LogP contribution in [0.1, 0.15) is 26.3 Å². The summed E-state index contributed by atoms with van der Waals surface area (Å²) in [5, 5.41) is 8.72. The average molecular weight is 311 g/mol. The van der Waals surface area contributed by atoms with Gasteiger partial charge >= 0.3 is 5.97 Å². The van der Waals surface area contributed by atoms with E-state index < -0.39 is 21.5 Å². The average Bonchev–Trinajstić information content (AvgIpc) is 2.34. The first-order chi connectivity index (χ1) is 9.59. The molecular weight excluding hydrogens is 290 g/mol. The predicted molar refractivity (Wildman–Crippen MR) is 81.6 cm³/mol. The van der Waals surface area contributed by atoms with Gasteiger partial charge in [-0.1, -0.05) is 18.2 Å². The van der Waals surface area contributed by atoms with Crippen molar-refractivity contribution in [2.45, 2.75) is 37.6 Å². The summed E-state index contributed by atoms with van der Waals surface area (Å²) in [6, 6.07) is 5.93. The molecule has 0 aliphatic heterocycles. The van der Waals surface area contributed by atoms with Crippen LogP contribution in [0.2, 0.25) is 0 Å². The Labute approximate surface area is 126 Å². The minimum atomic E-state index is -3.65. The van der Waals surface area contributed by atoms with E-state index in [0.717, 1.165) is 0 Å². The van der Waals surface area contributed by atoms with Crippen LogP contribution in [0.5, 0.6) is 0 Å². The van der Waals surface area contributed by atoms with Gasteiger partial charge in [-0.15, -0.1) is 6.58 Å². The molecule has 116 valence electrons. The maximum atomic E-state index is 12.7. The lowest BCUT2D eigenvalue weighted by Gasteiger charge is -2.33. The van der Waals surface area contributed by atoms with Crippen LogP contribution in [0, 0.1) is 0 Å². The van der Waals surface area contributed by atoms with E-state index in [1.807, 2.05) is 20.8 Å². The number of sulfonamides is 1. The van der Waals surface area contributed by atoms with Gasteiger partial charge in [0, 0.05) is 12.1 Å². The SMILES string of the molecule is C=CCN(C(C)(C)C)S(=O)(=O)c1ccc(CC(=O)O)cc1. The summed E-state index contributed by atoms with van der Waals surface area (Å²) in [5.41, 5.74) is -0.0141. The Bertz CT molecular complexity index is 612. The molecule has 0 spiro atoms. The molecule has 0 amide bonds. The molecule has 0 heterocycles. The second-order valence-electron chi connectivity index (χ2n) is 5.71. The van der Waals surface area contributed by atoms with Crippen LogP contribution >= 0.6 is 0 Å². The number of carboxylic acids is 1. The smallest absolute Gasteiger partial charge is 0.307 e. The Balaban J connectivity index is 3.16. The number of carbonyl (C=O) groups is 1. The molecule has 1 aromatic carbocycles. The van der Waals surface area contributed by atoms with Crippen LogP contribution in [-0.4, -0.2) is 35.9 Å². The number of hydrogen-bond acceptors (Lipinski definition) is 3. The van der Waals surface area contributed by atoms with Gasteiger partial charge in [-0.25, -0.2) is 8.42 Å². The van der Waals surface area contributed by atoms with E-state index in [1.54, 1.807) is 6.08 Å². The van der Waals surface area contributed by atoms with Crippen molar-refractivity contribution in [3.63, 3.8) is 0 Å². The van der Waals surface area contributed by atoms with E-state index in [0.29, 0.717) is 5.56 Å². The van der Waals surface area contributed by atoms with Crippen molar-refractivity contribution >= 4 is 16.0 Å². The molecule has 1 N–H and O–H groups in total. The van der Waals surface area contributed by atoms with Crippen molar-refractivity contribution in [2.24, 2.45) is 0 Å². The van der Waals surface area contributed by atoms with Gasteiger partial charge in [-0.2, -0.15) is 4.31 Å². The summed E-state index contributed by atoms with van der Waals surface area (Å²) in [6.45, 7) is 9.24. The molecule has 0 bridgehead atoms. The summed E-state index contributed by atoms with van der Waals surface area (Å²) in [6.07, 6.45) is 1.41. The molecule has 0 saturated heterocycles. The Hall–Kier alpha value is -1.66. The zero-order valence-corrected chi connectivity index (χ0v) is 13.4. The highest BCUT2D eigenvalue weighted by atomic mass is 32.2. The molecule has 0 saturated carbocycles. The highest BCUT2D eigenvalue weighted by molar-refractivity contribution is 7.89. The van der Waals surface area contributed by atoms with Crippen LogP contribution in [0.3, 0.4) is 0 Å². The van der Waals surface area contributed by atoms with Gasteiger partial charge in [0.15, 0.2) is 0 Å². The number of nitrogens with zero attached hydrogens (tertiary/aromatic N) is 1. The van der Waals surface area contributed by atoms with Crippen LogP contribution in [0.15, 0.2) is 41.8 Å².